The minimum Gasteiger partial charge on any atom is -0.478 e. The van der Waals surface area contributed by atoms with Crippen molar-refractivity contribution in [2.75, 3.05) is 11.4 Å². The van der Waals surface area contributed by atoms with Crippen molar-refractivity contribution in [3.8, 4) is 0 Å². The Hall–Kier alpha value is -2.58. The summed E-state index contributed by atoms with van der Waals surface area (Å²) in [6, 6.07) is 3.90. The molecule has 3 heterocycles. The highest BCUT2D eigenvalue weighted by Crippen LogP contribution is 2.30. The second kappa shape index (κ2) is 5.00. The number of rotatable bonds is 2. The van der Waals surface area contributed by atoms with Crippen LogP contribution >= 0.6 is 0 Å². The molecule has 3 rings (SSSR count). The third-order valence-electron chi connectivity index (χ3n) is 3.40. The Labute approximate surface area is 122 Å². The summed E-state index contributed by atoms with van der Waals surface area (Å²) >= 11 is 0. The number of aromatic carboxylic acids is 1. The number of halogens is 3. The molecule has 0 radical (unpaired) electrons. The Kier molecular flexibility index (Phi) is 3.27. The van der Waals surface area contributed by atoms with E-state index in [1.165, 1.54) is 23.0 Å². The van der Waals surface area contributed by atoms with E-state index in [0.717, 1.165) is 6.07 Å². The van der Waals surface area contributed by atoms with Crippen LogP contribution in [0.4, 0.5) is 19.0 Å². The molecule has 9 heteroatoms. The van der Waals surface area contributed by atoms with E-state index in [4.69, 9.17) is 5.11 Å². The van der Waals surface area contributed by atoms with Crippen LogP contribution in [0, 0.1) is 0 Å². The fourth-order valence-electron chi connectivity index (χ4n) is 2.40. The molecule has 116 valence electrons. The van der Waals surface area contributed by atoms with Crippen molar-refractivity contribution in [2.45, 2.75) is 19.3 Å². The summed E-state index contributed by atoms with van der Waals surface area (Å²) in [5.41, 5.74) is -0.545. The molecule has 0 saturated carbocycles. The predicted molar refractivity (Wildman–Crippen MR) is 69.5 cm³/mol. The first-order valence-corrected chi connectivity index (χ1v) is 6.43. The number of hydrogen-bond donors (Lipinski definition) is 1. The lowest BCUT2D eigenvalue weighted by Crippen LogP contribution is -2.35. The van der Waals surface area contributed by atoms with E-state index < -0.39 is 17.8 Å². The van der Waals surface area contributed by atoms with Crippen molar-refractivity contribution >= 4 is 11.8 Å². The van der Waals surface area contributed by atoms with Crippen LogP contribution in [0.5, 0.6) is 0 Å². The van der Waals surface area contributed by atoms with E-state index in [2.05, 4.69) is 10.1 Å². The van der Waals surface area contributed by atoms with Crippen LogP contribution in [0.3, 0.4) is 0 Å². The molecular formula is C13H11F3N4O2. The second-order valence-corrected chi connectivity index (χ2v) is 4.84. The average molecular weight is 312 g/mol. The van der Waals surface area contributed by atoms with Crippen molar-refractivity contribution in [3.63, 3.8) is 0 Å². The molecule has 0 saturated heterocycles. The lowest BCUT2D eigenvalue weighted by Gasteiger charge is -2.29. The SMILES string of the molecule is O=C(O)c1cccnc1N1CCn2nc(C(F)(F)F)cc2C1. The summed E-state index contributed by atoms with van der Waals surface area (Å²) < 4.78 is 39.3. The van der Waals surface area contributed by atoms with Gasteiger partial charge in [-0.05, 0) is 18.2 Å². The van der Waals surface area contributed by atoms with Gasteiger partial charge < -0.3 is 10.0 Å². The van der Waals surface area contributed by atoms with Crippen LogP contribution in [0.1, 0.15) is 21.7 Å². The Morgan fingerprint density at radius 3 is 2.77 bits per heavy atom. The van der Waals surface area contributed by atoms with Crippen LogP contribution < -0.4 is 4.90 Å². The molecular weight excluding hydrogens is 301 g/mol. The summed E-state index contributed by atoms with van der Waals surface area (Å²) in [6.45, 7) is 0.699. The fourth-order valence-corrected chi connectivity index (χ4v) is 2.40. The molecule has 2 aromatic rings. The summed E-state index contributed by atoms with van der Waals surface area (Å²) in [5.74, 6) is -0.880. The molecule has 1 aliphatic rings. The van der Waals surface area contributed by atoms with Crippen molar-refractivity contribution in [1.82, 2.24) is 14.8 Å². The van der Waals surface area contributed by atoms with Gasteiger partial charge in [-0.15, -0.1) is 0 Å². The third-order valence-corrected chi connectivity index (χ3v) is 3.40. The number of fused-ring (bicyclic) bond motifs is 1. The zero-order valence-electron chi connectivity index (χ0n) is 11.2. The van der Waals surface area contributed by atoms with Gasteiger partial charge in [0.05, 0.1) is 18.8 Å². The number of pyridine rings is 1. The number of aromatic nitrogens is 3. The van der Waals surface area contributed by atoms with Crippen LogP contribution in [0.15, 0.2) is 24.4 Å². The standard InChI is InChI=1S/C13H11F3N4O2/c14-13(15,16)10-6-8-7-19(4-5-20(8)18-10)11-9(12(21)22)2-1-3-17-11/h1-3,6H,4-5,7H2,(H,21,22). The fraction of sp³-hybridized carbons (Fsp3) is 0.308. The maximum Gasteiger partial charge on any atom is 0.435 e. The summed E-state index contributed by atoms with van der Waals surface area (Å²) in [7, 11) is 0. The van der Waals surface area contributed by atoms with E-state index in [0.29, 0.717) is 12.2 Å². The van der Waals surface area contributed by atoms with Gasteiger partial charge in [-0.3, -0.25) is 4.68 Å². The average Bonchev–Trinajstić information content (AvgIpc) is 2.90. The smallest absolute Gasteiger partial charge is 0.435 e. The number of hydrogen-bond acceptors (Lipinski definition) is 4. The van der Waals surface area contributed by atoms with E-state index in [1.807, 2.05) is 0 Å². The lowest BCUT2D eigenvalue weighted by molar-refractivity contribution is -0.141. The number of carboxylic acid groups (broad SMARTS) is 1. The van der Waals surface area contributed by atoms with Gasteiger partial charge in [0.2, 0.25) is 0 Å². The highest BCUT2D eigenvalue weighted by Gasteiger charge is 2.36. The quantitative estimate of drug-likeness (QED) is 0.918. The zero-order chi connectivity index (χ0) is 15.9. The van der Waals surface area contributed by atoms with Gasteiger partial charge in [-0.25, -0.2) is 9.78 Å². The van der Waals surface area contributed by atoms with E-state index in [1.54, 1.807) is 4.90 Å². The monoisotopic (exact) mass is 312 g/mol. The molecule has 6 nitrogen and oxygen atoms in total. The highest BCUT2D eigenvalue weighted by molar-refractivity contribution is 5.93. The van der Waals surface area contributed by atoms with Crippen molar-refractivity contribution < 1.29 is 23.1 Å². The maximum absolute atomic E-state index is 12.7. The van der Waals surface area contributed by atoms with Crippen LogP contribution in [0.2, 0.25) is 0 Å². The van der Waals surface area contributed by atoms with Crippen LogP contribution in [0.25, 0.3) is 0 Å². The Bertz CT molecular complexity index is 726. The summed E-state index contributed by atoms with van der Waals surface area (Å²) in [4.78, 5) is 16.9. The molecule has 22 heavy (non-hydrogen) atoms. The van der Waals surface area contributed by atoms with Crippen molar-refractivity contribution in [3.05, 3.63) is 41.3 Å². The normalized spacial score (nSPS) is 14.8. The Morgan fingerprint density at radius 1 is 1.32 bits per heavy atom. The molecule has 0 fully saturated rings. The molecule has 0 bridgehead atoms. The highest BCUT2D eigenvalue weighted by atomic mass is 19.4. The Morgan fingerprint density at radius 2 is 2.09 bits per heavy atom. The van der Waals surface area contributed by atoms with Crippen LogP contribution in [-0.2, 0) is 19.3 Å². The van der Waals surface area contributed by atoms with E-state index in [-0.39, 0.29) is 24.5 Å². The number of carbonyl (C=O) groups is 1. The number of carboxylic acids is 1. The molecule has 0 spiro atoms. The lowest BCUT2D eigenvalue weighted by atomic mass is 10.2. The van der Waals surface area contributed by atoms with E-state index in [9.17, 15) is 18.0 Å². The molecule has 0 unspecified atom stereocenters. The molecule has 2 aromatic heterocycles. The molecule has 0 aromatic carbocycles. The van der Waals surface area contributed by atoms with Gasteiger partial charge in [-0.2, -0.15) is 18.3 Å². The van der Waals surface area contributed by atoms with Gasteiger partial charge in [0.25, 0.3) is 0 Å². The van der Waals surface area contributed by atoms with Gasteiger partial charge in [0, 0.05) is 12.7 Å². The minimum atomic E-state index is -4.49. The maximum atomic E-state index is 12.7. The van der Waals surface area contributed by atoms with Gasteiger partial charge in [0.15, 0.2) is 5.69 Å². The van der Waals surface area contributed by atoms with Crippen LogP contribution in [-0.4, -0.2) is 32.4 Å². The molecule has 1 aliphatic heterocycles. The summed E-state index contributed by atoms with van der Waals surface area (Å²) in [5, 5.41) is 12.7. The first kappa shape index (κ1) is 14.4. The first-order valence-electron chi connectivity index (χ1n) is 6.43. The van der Waals surface area contributed by atoms with Gasteiger partial charge in [0.1, 0.15) is 11.4 Å². The molecule has 0 atom stereocenters. The summed E-state index contributed by atoms with van der Waals surface area (Å²) in [6.07, 6.45) is -3.04. The molecule has 0 aliphatic carbocycles. The van der Waals surface area contributed by atoms with Crippen molar-refractivity contribution in [1.29, 1.82) is 0 Å². The second-order valence-electron chi connectivity index (χ2n) is 4.84. The molecule has 1 N–H and O–H groups in total. The number of alkyl halides is 3. The van der Waals surface area contributed by atoms with Crippen molar-refractivity contribution in [2.24, 2.45) is 0 Å². The first-order chi connectivity index (χ1) is 10.4. The van der Waals surface area contributed by atoms with Gasteiger partial charge in [-0.1, -0.05) is 0 Å². The largest absolute Gasteiger partial charge is 0.478 e. The Balaban J connectivity index is 1.92. The predicted octanol–water partition coefficient (Wildman–Crippen LogP) is 2.02. The third kappa shape index (κ3) is 2.49. The van der Waals surface area contributed by atoms with Gasteiger partial charge >= 0.3 is 12.1 Å². The molecule has 0 amide bonds. The topological polar surface area (TPSA) is 71.2 Å². The number of anilines is 1. The number of nitrogens with zero attached hydrogens (tertiary/aromatic N) is 4. The minimum absolute atomic E-state index is 0.0199. The zero-order valence-corrected chi connectivity index (χ0v) is 11.2. The van der Waals surface area contributed by atoms with E-state index >= 15 is 0 Å².